The van der Waals surface area contributed by atoms with Crippen LogP contribution in [0.5, 0.6) is 0 Å². The molecule has 0 spiro atoms. The van der Waals surface area contributed by atoms with Crippen molar-refractivity contribution in [3.63, 3.8) is 0 Å². The molecule has 0 aliphatic carbocycles. The summed E-state index contributed by atoms with van der Waals surface area (Å²) in [6, 6.07) is 0. The van der Waals surface area contributed by atoms with Gasteiger partial charge in [0.2, 0.25) is 0 Å². The first-order chi connectivity index (χ1) is 34.5. The largest absolute Gasteiger partial charge is 0.462 e. The zero-order chi connectivity index (χ0) is 50.7. The van der Waals surface area contributed by atoms with E-state index in [0.29, 0.717) is 25.7 Å². The SMILES string of the molecule is CC/C=C\C/C=C\C/C=C\C/C=C\C/C=C\C/C=C\C/C=C\C/C=C\C/C=C\C/C=C\CCCCC(=O)OCC(COC(=O)CCCCCCCCC)OC(=O)CCCCCCC/C=C\CCCCC. The van der Waals surface area contributed by atoms with Gasteiger partial charge in [-0.3, -0.25) is 14.4 Å². The van der Waals surface area contributed by atoms with E-state index in [9.17, 15) is 14.4 Å². The second kappa shape index (κ2) is 57.1. The van der Waals surface area contributed by atoms with Gasteiger partial charge in [-0.05, 0) is 122 Å². The van der Waals surface area contributed by atoms with E-state index in [1.165, 1.54) is 57.8 Å². The molecule has 6 nitrogen and oxygen atoms in total. The number of hydrogen-bond donors (Lipinski definition) is 0. The van der Waals surface area contributed by atoms with Crippen LogP contribution < -0.4 is 0 Å². The van der Waals surface area contributed by atoms with Gasteiger partial charge in [0.15, 0.2) is 6.10 Å². The fourth-order valence-corrected chi connectivity index (χ4v) is 7.17. The number of hydrogen-bond acceptors (Lipinski definition) is 6. The molecule has 0 fully saturated rings. The van der Waals surface area contributed by atoms with Crippen LogP contribution in [0.15, 0.2) is 134 Å². The third-order valence-electron chi connectivity index (χ3n) is 11.4. The Hall–Kier alpha value is -4.45. The molecule has 0 aliphatic heterocycles. The molecular formula is C64H102O6. The van der Waals surface area contributed by atoms with Gasteiger partial charge in [-0.25, -0.2) is 0 Å². The van der Waals surface area contributed by atoms with Gasteiger partial charge in [-0.2, -0.15) is 0 Å². The minimum absolute atomic E-state index is 0.0977. The molecule has 0 aliphatic rings. The zero-order valence-corrected chi connectivity index (χ0v) is 45.0. The van der Waals surface area contributed by atoms with Crippen LogP contribution in [0.1, 0.15) is 233 Å². The molecule has 70 heavy (non-hydrogen) atoms. The maximum atomic E-state index is 12.7. The fourth-order valence-electron chi connectivity index (χ4n) is 7.17. The Morgan fingerprint density at radius 2 is 0.557 bits per heavy atom. The number of ether oxygens (including phenoxy) is 3. The van der Waals surface area contributed by atoms with Crippen molar-refractivity contribution in [2.45, 2.75) is 239 Å². The van der Waals surface area contributed by atoms with Crippen molar-refractivity contribution < 1.29 is 28.6 Å². The molecule has 6 heteroatoms. The highest BCUT2D eigenvalue weighted by atomic mass is 16.6. The number of esters is 3. The van der Waals surface area contributed by atoms with Gasteiger partial charge >= 0.3 is 17.9 Å². The molecule has 0 heterocycles. The van der Waals surface area contributed by atoms with Crippen LogP contribution in [0, 0.1) is 0 Å². The molecule has 0 rings (SSSR count). The highest BCUT2D eigenvalue weighted by molar-refractivity contribution is 5.71. The van der Waals surface area contributed by atoms with Gasteiger partial charge in [-0.15, -0.1) is 0 Å². The molecule has 0 radical (unpaired) electrons. The summed E-state index contributed by atoms with van der Waals surface area (Å²) in [6.45, 7) is 6.39. The fraction of sp³-hybridized carbons (Fsp3) is 0.609. The van der Waals surface area contributed by atoms with Gasteiger partial charge in [0.05, 0.1) is 0 Å². The Balaban J connectivity index is 4.24. The number of carbonyl (C=O) groups is 3. The second-order valence-corrected chi connectivity index (χ2v) is 18.1. The van der Waals surface area contributed by atoms with Crippen LogP contribution in [-0.2, 0) is 28.6 Å². The molecule has 0 aromatic heterocycles. The molecule has 0 aromatic carbocycles. The minimum Gasteiger partial charge on any atom is -0.462 e. The lowest BCUT2D eigenvalue weighted by molar-refractivity contribution is -0.167. The summed E-state index contributed by atoms with van der Waals surface area (Å²) in [5.74, 6) is -0.968. The Bertz CT molecular complexity index is 1530. The lowest BCUT2D eigenvalue weighted by atomic mass is 10.1. The summed E-state index contributed by atoms with van der Waals surface area (Å²) in [5, 5.41) is 0. The summed E-state index contributed by atoms with van der Waals surface area (Å²) >= 11 is 0. The Kier molecular flexibility index (Phi) is 53.5. The quantitative estimate of drug-likeness (QED) is 0.0262. The summed E-state index contributed by atoms with van der Waals surface area (Å²) < 4.78 is 16.7. The molecule has 0 aromatic rings. The Morgan fingerprint density at radius 3 is 0.943 bits per heavy atom. The van der Waals surface area contributed by atoms with E-state index < -0.39 is 6.10 Å². The maximum absolute atomic E-state index is 12.7. The molecular weight excluding hydrogens is 865 g/mol. The van der Waals surface area contributed by atoms with Crippen LogP contribution in [-0.4, -0.2) is 37.2 Å². The molecule has 0 N–H and O–H groups in total. The van der Waals surface area contributed by atoms with Crippen molar-refractivity contribution in [3.8, 4) is 0 Å². The van der Waals surface area contributed by atoms with Gasteiger partial charge in [-0.1, -0.05) is 225 Å². The van der Waals surface area contributed by atoms with E-state index >= 15 is 0 Å². The molecule has 0 bridgehead atoms. The summed E-state index contributed by atoms with van der Waals surface area (Å²) in [5.41, 5.74) is 0. The average molecular weight is 968 g/mol. The standard InChI is InChI=1S/C64H102O6/c1-4-7-10-13-16-18-20-22-23-24-25-26-27-28-29-30-31-32-33-34-35-36-37-38-39-40-41-42-44-45-48-51-54-57-63(66)69-60-61(59-68-62(65)56-53-50-47-15-12-9-6-3)70-64(67)58-55-52-49-46-43-21-19-17-14-11-8-5-2/h7,10,16-19,22-23,25-26,28-29,31-32,34-35,37-38,40-41,44-45,61H,4-6,8-9,11-15,20-21,24,27,30,33,36,39,42-43,46-60H2,1-3H3/b10-7-,18-16-,19-17-,23-22-,26-25-,29-28-,32-31-,35-34-,38-37-,41-40-,45-44-. The summed E-state index contributed by atoms with van der Waals surface area (Å²) in [7, 11) is 0. The molecule has 1 unspecified atom stereocenters. The van der Waals surface area contributed by atoms with Crippen LogP contribution in [0.2, 0.25) is 0 Å². The predicted octanol–water partition coefficient (Wildman–Crippen LogP) is 19.0. The molecule has 0 amide bonds. The van der Waals surface area contributed by atoms with Gasteiger partial charge in [0, 0.05) is 19.3 Å². The van der Waals surface area contributed by atoms with Crippen molar-refractivity contribution in [2.75, 3.05) is 13.2 Å². The van der Waals surface area contributed by atoms with E-state index in [1.54, 1.807) is 0 Å². The molecule has 1 atom stereocenters. The average Bonchev–Trinajstić information content (AvgIpc) is 3.36. The smallest absolute Gasteiger partial charge is 0.306 e. The van der Waals surface area contributed by atoms with Crippen molar-refractivity contribution >= 4 is 17.9 Å². The van der Waals surface area contributed by atoms with E-state index in [4.69, 9.17) is 14.2 Å². The minimum atomic E-state index is -0.800. The van der Waals surface area contributed by atoms with E-state index in [-0.39, 0.29) is 31.1 Å². The number of allylic oxidation sites excluding steroid dienone is 22. The first-order valence-electron chi connectivity index (χ1n) is 28.2. The first-order valence-corrected chi connectivity index (χ1v) is 28.2. The van der Waals surface area contributed by atoms with Crippen molar-refractivity contribution in [2.24, 2.45) is 0 Å². The third kappa shape index (κ3) is 54.5. The molecule has 394 valence electrons. The number of carbonyl (C=O) groups excluding carboxylic acids is 3. The molecule has 0 saturated heterocycles. The lowest BCUT2D eigenvalue weighted by Crippen LogP contribution is -2.30. The first kappa shape index (κ1) is 65.5. The normalized spacial score (nSPS) is 13.1. The second-order valence-electron chi connectivity index (χ2n) is 18.1. The maximum Gasteiger partial charge on any atom is 0.306 e. The highest BCUT2D eigenvalue weighted by Crippen LogP contribution is 2.13. The van der Waals surface area contributed by atoms with Crippen LogP contribution in [0.3, 0.4) is 0 Å². The summed E-state index contributed by atoms with van der Waals surface area (Å²) in [6.07, 6.45) is 80.4. The van der Waals surface area contributed by atoms with Crippen LogP contribution >= 0.6 is 0 Å². The molecule has 0 saturated carbocycles. The van der Waals surface area contributed by atoms with Crippen LogP contribution in [0.25, 0.3) is 0 Å². The Morgan fingerprint density at radius 1 is 0.300 bits per heavy atom. The van der Waals surface area contributed by atoms with Gasteiger partial charge < -0.3 is 14.2 Å². The zero-order valence-electron chi connectivity index (χ0n) is 45.0. The van der Waals surface area contributed by atoms with E-state index in [1.807, 2.05) is 0 Å². The number of unbranched alkanes of at least 4 members (excludes halogenated alkanes) is 16. The van der Waals surface area contributed by atoms with Crippen molar-refractivity contribution in [3.05, 3.63) is 134 Å². The Labute approximate surface area is 430 Å². The van der Waals surface area contributed by atoms with Gasteiger partial charge in [0.25, 0.3) is 0 Å². The number of rotatable bonds is 49. The predicted molar refractivity (Wildman–Crippen MR) is 302 cm³/mol. The van der Waals surface area contributed by atoms with Crippen molar-refractivity contribution in [1.29, 1.82) is 0 Å². The lowest BCUT2D eigenvalue weighted by Gasteiger charge is -2.18. The summed E-state index contributed by atoms with van der Waals surface area (Å²) in [4.78, 5) is 37.8. The van der Waals surface area contributed by atoms with Crippen molar-refractivity contribution in [1.82, 2.24) is 0 Å². The highest BCUT2D eigenvalue weighted by Gasteiger charge is 2.19. The topological polar surface area (TPSA) is 78.9 Å². The monoisotopic (exact) mass is 967 g/mol. The van der Waals surface area contributed by atoms with Crippen LogP contribution in [0.4, 0.5) is 0 Å². The van der Waals surface area contributed by atoms with Gasteiger partial charge in [0.1, 0.15) is 13.2 Å². The van der Waals surface area contributed by atoms with E-state index in [0.717, 1.165) is 128 Å². The van der Waals surface area contributed by atoms with E-state index in [2.05, 4.69) is 154 Å². The third-order valence-corrected chi connectivity index (χ3v) is 11.4.